The number of aromatic nitrogens is 2. The number of para-hydroxylation sites is 1. The Morgan fingerprint density at radius 1 is 1.06 bits per heavy atom. The summed E-state index contributed by atoms with van der Waals surface area (Å²) in [7, 11) is -3.20. The van der Waals surface area contributed by atoms with Crippen LogP contribution in [0.2, 0.25) is 0 Å². The first-order valence-corrected chi connectivity index (χ1v) is 12.1. The van der Waals surface area contributed by atoms with E-state index in [1.165, 1.54) is 4.68 Å². The van der Waals surface area contributed by atoms with Crippen LogP contribution in [0.4, 0.5) is 5.69 Å². The molecule has 1 saturated carbocycles. The number of hydrogen-bond donors (Lipinski definition) is 0. The van der Waals surface area contributed by atoms with Gasteiger partial charge in [-0.2, -0.15) is 14.1 Å². The highest BCUT2D eigenvalue weighted by Crippen LogP contribution is 2.32. The molecule has 4 rings (SSSR count). The van der Waals surface area contributed by atoms with Crippen molar-refractivity contribution in [2.24, 2.45) is 0 Å². The zero-order valence-corrected chi connectivity index (χ0v) is 18.5. The summed E-state index contributed by atoms with van der Waals surface area (Å²) < 4.78 is 39.1. The number of benzene rings is 1. The zero-order chi connectivity index (χ0) is 21.8. The molecule has 1 saturated heterocycles. The SMILES string of the molecule is CCOCCOc1c(N2CCN(S(=O)(=O)C3CC3)CC2)cnn(-c2ccccc2)c1=O. The molecule has 2 fully saturated rings. The summed E-state index contributed by atoms with van der Waals surface area (Å²) in [5, 5.41) is 4.14. The normalized spacial score (nSPS) is 17.6. The van der Waals surface area contributed by atoms with Crippen LogP contribution in [0.1, 0.15) is 19.8 Å². The van der Waals surface area contributed by atoms with E-state index in [0.29, 0.717) is 50.8 Å². The topological polar surface area (TPSA) is 94.0 Å². The lowest BCUT2D eigenvalue weighted by Gasteiger charge is -2.35. The Morgan fingerprint density at radius 3 is 2.42 bits per heavy atom. The van der Waals surface area contributed by atoms with Gasteiger partial charge in [0.25, 0.3) is 0 Å². The van der Waals surface area contributed by atoms with Crippen molar-refractivity contribution < 1.29 is 17.9 Å². The van der Waals surface area contributed by atoms with Gasteiger partial charge < -0.3 is 14.4 Å². The molecule has 168 valence electrons. The standard InChI is InChI=1S/C21H28N4O5S/c1-2-29-14-15-30-20-19(16-22-25(21(20)26)17-6-4-3-5-7-17)23-10-12-24(13-11-23)31(27,28)18-8-9-18/h3-7,16,18H,2,8-15H2,1H3. The van der Waals surface area contributed by atoms with E-state index in [1.807, 2.05) is 30.0 Å². The largest absolute Gasteiger partial charge is 0.484 e. The minimum Gasteiger partial charge on any atom is -0.484 e. The Hall–Kier alpha value is -2.43. The van der Waals surface area contributed by atoms with Gasteiger partial charge in [-0.3, -0.25) is 4.79 Å². The lowest BCUT2D eigenvalue weighted by atomic mass is 10.3. The number of sulfonamides is 1. The van der Waals surface area contributed by atoms with Gasteiger partial charge in [-0.15, -0.1) is 0 Å². The van der Waals surface area contributed by atoms with Crippen molar-refractivity contribution in [1.82, 2.24) is 14.1 Å². The lowest BCUT2D eigenvalue weighted by molar-refractivity contribution is 0.109. The van der Waals surface area contributed by atoms with Crippen molar-refractivity contribution in [1.29, 1.82) is 0 Å². The van der Waals surface area contributed by atoms with Gasteiger partial charge in [-0.1, -0.05) is 18.2 Å². The maximum atomic E-state index is 13.2. The maximum absolute atomic E-state index is 13.2. The fourth-order valence-corrected chi connectivity index (χ4v) is 5.48. The van der Waals surface area contributed by atoms with Crippen LogP contribution in [0.5, 0.6) is 5.75 Å². The molecule has 1 aliphatic heterocycles. The van der Waals surface area contributed by atoms with Crippen LogP contribution in [0.3, 0.4) is 0 Å². The van der Waals surface area contributed by atoms with Crippen molar-refractivity contribution in [2.75, 3.05) is 50.9 Å². The van der Waals surface area contributed by atoms with Gasteiger partial charge >= 0.3 is 5.56 Å². The predicted octanol–water partition coefficient (Wildman–Crippen LogP) is 1.26. The highest BCUT2D eigenvalue weighted by Gasteiger charge is 2.41. The second kappa shape index (κ2) is 9.37. The fourth-order valence-electron chi connectivity index (χ4n) is 3.65. The lowest BCUT2D eigenvalue weighted by Crippen LogP contribution is -2.50. The van der Waals surface area contributed by atoms with E-state index >= 15 is 0 Å². The van der Waals surface area contributed by atoms with Crippen LogP contribution in [0, 0.1) is 0 Å². The van der Waals surface area contributed by atoms with Crippen LogP contribution in [0.15, 0.2) is 41.3 Å². The zero-order valence-electron chi connectivity index (χ0n) is 17.6. The van der Waals surface area contributed by atoms with Crippen molar-refractivity contribution in [2.45, 2.75) is 25.0 Å². The second-order valence-corrected chi connectivity index (χ2v) is 9.80. The summed E-state index contributed by atoms with van der Waals surface area (Å²) in [6, 6.07) is 9.16. The molecule has 2 aliphatic rings. The number of ether oxygens (including phenoxy) is 2. The van der Waals surface area contributed by atoms with E-state index < -0.39 is 10.0 Å². The molecular weight excluding hydrogens is 420 g/mol. The van der Waals surface area contributed by atoms with Crippen molar-refractivity contribution in [3.63, 3.8) is 0 Å². The van der Waals surface area contributed by atoms with Crippen molar-refractivity contribution >= 4 is 15.7 Å². The number of hydrogen-bond acceptors (Lipinski definition) is 7. The van der Waals surface area contributed by atoms with Gasteiger partial charge in [0, 0.05) is 32.8 Å². The molecule has 31 heavy (non-hydrogen) atoms. The first-order valence-electron chi connectivity index (χ1n) is 10.6. The Balaban J connectivity index is 1.57. The second-order valence-electron chi connectivity index (χ2n) is 7.59. The van der Waals surface area contributed by atoms with Gasteiger partial charge in [-0.25, -0.2) is 8.42 Å². The molecule has 0 radical (unpaired) electrons. The average molecular weight is 449 g/mol. The molecule has 1 aromatic heterocycles. The van der Waals surface area contributed by atoms with Crippen LogP contribution >= 0.6 is 0 Å². The molecule has 0 unspecified atom stereocenters. The molecule has 10 heteroatoms. The third-order valence-electron chi connectivity index (χ3n) is 5.48. The minimum absolute atomic E-state index is 0.206. The molecule has 1 aromatic carbocycles. The number of piperazine rings is 1. The summed E-state index contributed by atoms with van der Waals surface area (Å²) in [6.45, 7) is 4.81. The number of nitrogens with zero attached hydrogens (tertiary/aromatic N) is 4. The molecule has 2 heterocycles. The monoisotopic (exact) mass is 448 g/mol. The molecule has 9 nitrogen and oxygen atoms in total. The third-order valence-corrected chi connectivity index (χ3v) is 7.88. The Morgan fingerprint density at radius 2 is 1.77 bits per heavy atom. The van der Waals surface area contributed by atoms with Gasteiger partial charge in [0.1, 0.15) is 12.3 Å². The van der Waals surface area contributed by atoms with Crippen LogP contribution < -0.4 is 15.2 Å². The molecule has 2 aromatic rings. The molecule has 0 spiro atoms. The van der Waals surface area contributed by atoms with Gasteiger partial charge in [0.2, 0.25) is 15.8 Å². The Bertz CT molecular complexity index is 1050. The number of anilines is 1. The van der Waals surface area contributed by atoms with Crippen molar-refractivity contribution in [3.8, 4) is 11.4 Å². The van der Waals surface area contributed by atoms with Crippen LogP contribution in [-0.4, -0.2) is 73.8 Å². The third kappa shape index (κ3) is 4.76. The van der Waals surface area contributed by atoms with Gasteiger partial charge in [-0.05, 0) is 31.9 Å². The Kier molecular flexibility index (Phi) is 6.59. The molecule has 0 N–H and O–H groups in total. The van der Waals surface area contributed by atoms with E-state index in [1.54, 1.807) is 22.6 Å². The first kappa shape index (κ1) is 21.8. The first-order chi connectivity index (χ1) is 15.0. The summed E-state index contributed by atoms with van der Waals surface area (Å²) in [4.78, 5) is 15.2. The molecule has 0 atom stereocenters. The highest BCUT2D eigenvalue weighted by atomic mass is 32.2. The smallest absolute Gasteiger partial charge is 0.316 e. The van der Waals surface area contributed by atoms with E-state index in [0.717, 1.165) is 12.8 Å². The highest BCUT2D eigenvalue weighted by molar-refractivity contribution is 7.90. The molecule has 1 aliphatic carbocycles. The quantitative estimate of drug-likeness (QED) is 0.533. The summed E-state index contributed by atoms with van der Waals surface area (Å²) in [5.74, 6) is 0.206. The molecule has 0 bridgehead atoms. The van der Waals surface area contributed by atoms with Gasteiger partial charge in [0.05, 0.1) is 23.7 Å². The van der Waals surface area contributed by atoms with E-state index in [-0.39, 0.29) is 23.2 Å². The predicted molar refractivity (Wildman–Crippen MR) is 118 cm³/mol. The van der Waals surface area contributed by atoms with Crippen LogP contribution in [0.25, 0.3) is 5.69 Å². The van der Waals surface area contributed by atoms with E-state index in [9.17, 15) is 13.2 Å². The van der Waals surface area contributed by atoms with E-state index in [2.05, 4.69) is 5.10 Å². The Labute approximate surface area is 182 Å². The minimum atomic E-state index is -3.20. The van der Waals surface area contributed by atoms with E-state index in [4.69, 9.17) is 9.47 Å². The summed E-state index contributed by atoms with van der Waals surface area (Å²) in [6.07, 6.45) is 3.12. The summed E-state index contributed by atoms with van der Waals surface area (Å²) in [5.41, 5.74) is 0.874. The van der Waals surface area contributed by atoms with Crippen LogP contribution in [-0.2, 0) is 14.8 Å². The average Bonchev–Trinajstić information content (AvgIpc) is 3.64. The van der Waals surface area contributed by atoms with Crippen molar-refractivity contribution in [3.05, 3.63) is 46.9 Å². The van der Waals surface area contributed by atoms with Gasteiger partial charge in [0.15, 0.2) is 0 Å². The summed E-state index contributed by atoms with van der Waals surface area (Å²) >= 11 is 0. The fraction of sp³-hybridized carbons (Fsp3) is 0.524. The molecule has 0 amide bonds. The maximum Gasteiger partial charge on any atom is 0.316 e. The number of rotatable bonds is 9. The molecular formula is C21H28N4O5S.